The Labute approximate surface area is 171 Å². The number of rotatable bonds is 8. The average molecular weight is 446 g/mol. The summed E-state index contributed by atoms with van der Waals surface area (Å²) in [5.41, 5.74) is 2.51. The molecular formula is C19H20BrN5O3. The van der Waals surface area contributed by atoms with E-state index in [2.05, 4.69) is 36.5 Å². The van der Waals surface area contributed by atoms with Gasteiger partial charge in [0.2, 0.25) is 5.88 Å². The highest BCUT2D eigenvalue weighted by Crippen LogP contribution is 2.18. The highest BCUT2D eigenvalue weighted by Gasteiger charge is 2.18. The quantitative estimate of drug-likeness (QED) is 0.535. The third-order valence-corrected chi connectivity index (χ3v) is 4.47. The molecule has 1 amide bonds. The Morgan fingerprint density at radius 1 is 1.25 bits per heavy atom. The fraction of sp³-hybridized carbons (Fsp3) is 0.263. The van der Waals surface area contributed by atoms with Crippen LogP contribution < -0.4 is 10.1 Å². The van der Waals surface area contributed by atoms with Crippen LogP contribution in [0.4, 0.5) is 0 Å². The summed E-state index contributed by atoms with van der Waals surface area (Å²) >= 11 is 3.43. The molecule has 8 nitrogen and oxygen atoms in total. The van der Waals surface area contributed by atoms with Crippen LogP contribution in [-0.2, 0) is 11.3 Å². The number of halogens is 1. The van der Waals surface area contributed by atoms with Crippen molar-refractivity contribution < 1.29 is 14.3 Å². The van der Waals surface area contributed by atoms with Gasteiger partial charge in [0.25, 0.3) is 5.91 Å². The minimum Gasteiger partial charge on any atom is -0.475 e. The van der Waals surface area contributed by atoms with E-state index >= 15 is 0 Å². The van der Waals surface area contributed by atoms with Gasteiger partial charge >= 0.3 is 0 Å². The first-order valence-corrected chi connectivity index (χ1v) is 9.41. The Hall–Kier alpha value is -2.78. The standard InChI is InChI=1S/C19H20BrN5O3/c1-13-17(23-24-25(13)16-7-3-6-15(20)11-16)18(26)22-12-14-5-4-8-21-19(14)28-10-9-27-2/h3-8,11H,9-10,12H2,1-2H3,(H,22,26). The lowest BCUT2D eigenvalue weighted by Gasteiger charge is -2.10. The molecule has 28 heavy (non-hydrogen) atoms. The molecule has 2 aromatic heterocycles. The van der Waals surface area contributed by atoms with Gasteiger partial charge in [0.1, 0.15) is 6.61 Å². The predicted octanol–water partition coefficient (Wildman–Crippen LogP) is 2.69. The van der Waals surface area contributed by atoms with Gasteiger partial charge in [0.15, 0.2) is 5.69 Å². The Morgan fingerprint density at radius 2 is 2.11 bits per heavy atom. The summed E-state index contributed by atoms with van der Waals surface area (Å²) in [4.78, 5) is 16.8. The van der Waals surface area contributed by atoms with Gasteiger partial charge in [-0.2, -0.15) is 0 Å². The summed E-state index contributed by atoms with van der Waals surface area (Å²) in [7, 11) is 1.60. The first kappa shape index (κ1) is 20.0. The Morgan fingerprint density at radius 3 is 2.89 bits per heavy atom. The van der Waals surface area contributed by atoms with Gasteiger partial charge in [-0.3, -0.25) is 4.79 Å². The SMILES string of the molecule is COCCOc1ncccc1CNC(=O)c1nnn(-c2cccc(Br)c2)c1C. The average Bonchev–Trinajstić information content (AvgIpc) is 3.08. The molecule has 0 aliphatic heterocycles. The number of carbonyl (C=O) groups is 1. The van der Waals surface area contributed by atoms with Crippen LogP contribution in [0.3, 0.4) is 0 Å². The second-order valence-electron chi connectivity index (χ2n) is 5.91. The molecule has 146 valence electrons. The van der Waals surface area contributed by atoms with Crippen molar-refractivity contribution in [3.63, 3.8) is 0 Å². The van der Waals surface area contributed by atoms with Crippen molar-refractivity contribution in [2.75, 3.05) is 20.3 Å². The Kier molecular flexibility index (Phi) is 6.72. The van der Waals surface area contributed by atoms with Crippen LogP contribution >= 0.6 is 15.9 Å². The zero-order chi connectivity index (χ0) is 19.9. The fourth-order valence-electron chi connectivity index (χ4n) is 2.56. The summed E-state index contributed by atoms with van der Waals surface area (Å²) < 4.78 is 13.1. The van der Waals surface area contributed by atoms with Crippen molar-refractivity contribution >= 4 is 21.8 Å². The maximum absolute atomic E-state index is 12.6. The van der Waals surface area contributed by atoms with E-state index in [9.17, 15) is 4.79 Å². The third kappa shape index (κ3) is 4.73. The molecule has 2 heterocycles. The fourth-order valence-corrected chi connectivity index (χ4v) is 2.95. The van der Waals surface area contributed by atoms with E-state index < -0.39 is 0 Å². The largest absolute Gasteiger partial charge is 0.475 e. The minimum atomic E-state index is -0.314. The maximum Gasteiger partial charge on any atom is 0.274 e. The van der Waals surface area contributed by atoms with Crippen LogP contribution in [0.25, 0.3) is 5.69 Å². The number of benzene rings is 1. The van der Waals surface area contributed by atoms with Gasteiger partial charge in [0.05, 0.1) is 18.0 Å². The van der Waals surface area contributed by atoms with E-state index in [4.69, 9.17) is 9.47 Å². The van der Waals surface area contributed by atoms with Crippen molar-refractivity contribution in [2.45, 2.75) is 13.5 Å². The minimum absolute atomic E-state index is 0.262. The topological polar surface area (TPSA) is 91.2 Å². The first-order valence-electron chi connectivity index (χ1n) is 8.62. The number of hydrogen-bond acceptors (Lipinski definition) is 6. The number of amides is 1. The molecule has 0 saturated carbocycles. The van der Waals surface area contributed by atoms with Crippen molar-refractivity contribution in [2.24, 2.45) is 0 Å². The third-order valence-electron chi connectivity index (χ3n) is 3.98. The number of ether oxygens (including phenoxy) is 2. The van der Waals surface area contributed by atoms with E-state index in [0.717, 1.165) is 15.7 Å². The molecule has 0 aliphatic carbocycles. The number of carbonyl (C=O) groups excluding carboxylic acids is 1. The van der Waals surface area contributed by atoms with Crippen LogP contribution in [0.15, 0.2) is 47.1 Å². The molecule has 3 aromatic rings. The molecule has 0 atom stereocenters. The van der Waals surface area contributed by atoms with Crippen LogP contribution in [0.1, 0.15) is 21.7 Å². The van der Waals surface area contributed by atoms with Gasteiger partial charge in [-0.15, -0.1) is 5.10 Å². The number of methoxy groups -OCH3 is 1. The summed E-state index contributed by atoms with van der Waals surface area (Å²) in [6.45, 7) is 2.91. The van der Waals surface area contributed by atoms with Crippen molar-refractivity contribution in [1.29, 1.82) is 0 Å². The van der Waals surface area contributed by atoms with Crippen LogP contribution in [-0.4, -0.2) is 46.2 Å². The second-order valence-corrected chi connectivity index (χ2v) is 6.82. The molecule has 9 heteroatoms. The van der Waals surface area contributed by atoms with Gasteiger partial charge in [-0.1, -0.05) is 33.3 Å². The predicted molar refractivity (Wildman–Crippen MR) is 107 cm³/mol. The molecule has 0 fully saturated rings. The monoisotopic (exact) mass is 445 g/mol. The lowest BCUT2D eigenvalue weighted by molar-refractivity contribution is 0.0944. The molecule has 0 radical (unpaired) electrons. The highest BCUT2D eigenvalue weighted by molar-refractivity contribution is 9.10. The van der Waals surface area contributed by atoms with Crippen molar-refractivity contribution in [3.05, 3.63) is 64.0 Å². The molecule has 1 N–H and O–H groups in total. The molecule has 0 unspecified atom stereocenters. The van der Waals surface area contributed by atoms with Gasteiger partial charge in [-0.05, 0) is 31.2 Å². The number of nitrogens with zero attached hydrogens (tertiary/aromatic N) is 4. The molecular weight excluding hydrogens is 426 g/mol. The Balaban J connectivity index is 1.70. The second kappa shape index (κ2) is 9.43. The van der Waals surface area contributed by atoms with E-state index in [1.165, 1.54) is 0 Å². The van der Waals surface area contributed by atoms with Gasteiger partial charge < -0.3 is 14.8 Å². The number of aromatic nitrogens is 4. The molecule has 0 bridgehead atoms. The lowest BCUT2D eigenvalue weighted by atomic mass is 10.2. The van der Waals surface area contributed by atoms with Crippen molar-refractivity contribution in [3.8, 4) is 11.6 Å². The van der Waals surface area contributed by atoms with Crippen molar-refractivity contribution in [1.82, 2.24) is 25.3 Å². The number of hydrogen-bond donors (Lipinski definition) is 1. The first-order chi connectivity index (χ1) is 13.6. The summed E-state index contributed by atoms with van der Waals surface area (Å²) in [6.07, 6.45) is 1.64. The van der Waals surface area contributed by atoms with E-state index in [0.29, 0.717) is 24.8 Å². The summed E-state index contributed by atoms with van der Waals surface area (Å²) in [5.74, 6) is 0.153. The maximum atomic E-state index is 12.6. The van der Waals surface area contributed by atoms with Gasteiger partial charge in [-0.25, -0.2) is 9.67 Å². The normalized spacial score (nSPS) is 10.7. The smallest absolute Gasteiger partial charge is 0.274 e. The molecule has 3 rings (SSSR count). The number of pyridine rings is 1. The van der Waals surface area contributed by atoms with Crippen LogP contribution in [0, 0.1) is 6.92 Å². The molecule has 0 spiro atoms. The summed E-state index contributed by atoms with van der Waals surface area (Å²) in [6, 6.07) is 11.3. The summed E-state index contributed by atoms with van der Waals surface area (Å²) in [5, 5.41) is 11.0. The zero-order valence-electron chi connectivity index (χ0n) is 15.6. The van der Waals surface area contributed by atoms with Crippen LogP contribution in [0.2, 0.25) is 0 Å². The van der Waals surface area contributed by atoms with E-state index in [1.807, 2.05) is 30.3 Å². The zero-order valence-corrected chi connectivity index (χ0v) is 17.1. The highest BCUT2D eigenvalue weighted by atomic mass is 79.9. The molecule has 0 aliphatic rings. The number of nitrogens with one attached hydrogen (secondary N) is 1. The van der Waals surface area contributed by atoms with Crippen LogP contribution in [0.5, 0.6) is 5.88 Å². The van der Waals surface area contributed by atoms with E-state index in [1.54, 1.807) is 31.0 Å². The molecule has 1 aromatic carbocycles. The van der Waals surface area contributed by atoms with Gasteiger partial charge in [0, 0.05) is 29.9 Å². The Bertz CT molecular complexity index is 960. The molecule has 0 saturated heterocycles. The van der Waals surface area contributed by atoms with E-state index in [-0.39, 0.29) is 18.1 Å². The lowest BCUT2D eigenvalue weighted by Crippen LogP contribution is -2.24.